The number of carboxylic acid groups (broad SMARTS) is 1. The van der Waals surface area contributed by atoms with Gasteiger partial charge in [0.15, 0.2) is 5.69 Å². The van der Waals surface area contributed by atoms with Crippen LogP contribution in [0.25, 0.3) is 16.9 Å². The van der Waals surface area contributed by atoms with Crippen molar-refractivity contribution >= 4 is 11.9 Å². The zero-order valence-electron chi connectivity index (χ0n) is 20.4. The highest BCUT2D eigenvalue weighted by Gasteiger charge is 2.40. The summed E-state index contributed by atoms with van der Waals surface area (Å²) in [5.74, 6) is -1.05. The van der Waals surface area contributed by atoms with E-state index >= 15 is 0 Å². The summed E-state index contributed by atoms with van der Waals surface area (Å²) >= 11 is 0. The van der Waals surface area contributed by atoms with Gasteiger partial charge in [-0.15, -0.1) is 0 Å². The van der Waals surface area contributed by atoms with E-state index in [1.165, 1.54) is 31.0 Å². The molecule has 1 aliphatic rings. The van der Waals surface area contributed by atoms with Crippen LogP contribution >= 0.6 is 0 Å². The second-order valence-corrected chi connectivity index (χ2v) is 8.95. The first-order valence-corrected chi connectivity index (χ1v) is 12.0. The zero-order valence-corrected chi connectivity index (χ0v) is 20.4. The van der Waals surface area contributed by atoms with Crippen molar-refractivity contribution in [3.05, 3.63) is 60.0 Å². The molecular weight excluding hydrogens is 465 g/mol. The molecule has 0 saturated heterocycles. The zero-order chi connectivity index (χ0) is 25.7. The summed E-state index contributed by atoms with van der Waals surface area (Å²) in [6, 6.07) is 12.5. The third kappa shape index (κ3) is 5.05. The maximum Gasteiger partial charge on any atom is 0.329 e. The molecule has 0 radical (unpaired) electrons. The van der Waals surface area contributed by atoms with Crippen LogP contribution in [0.5, 0.6) is 11.5 Å². The second-order valence-electron chi connectivity index (χ2n) is 8.95. The molecule has 1 aliphatic carbocycles. The van der Waals surface area contributed by atoms with E-state index in [9.17, 15) is 19.1 Å². The van der Waals surface area contributed by atoms with E-state index < -0.39 is 23.2 Å². The van der Waals surface area contributed by atoms with E-state index in [2.05, 4.69) is 10.4 Å². The van der Waals surface area contributed by atoms with Gasteiger partial charge in [-0.2, -0.15) is 5.10 Å². The number of nitrogens with zero attached hydrogens (tertiary/aromatic N) is 2. The molecule has 1 heterocycles. The van der Waals surface area contributed by atoms with Gasteiger partial charge in [-0.25, -0.2) is 13.9 Å². The smallest absolute Gasteiger partial charge is 0.329 e. The van der Waals surface area contributed by atoms with E-state index in [4.69, 9.17) is 9.47 Å². The maximum absolute atomic E-state index is 13.6. The maximum atomic E-state index is 13.6. The fourth-order valence-electron chi connectivity index (χ4n) is 4.74. The Morgan fingerprint density at radius 2 is 1.56 bits per heavy atom. The second kappa shape index (κ2) is 10.8. The minimum Gasteiger partial charge on any atom is -0.496 e. The Morgan fingerprint density at radius 1 is 0.972 bits per heavy atom. The number of halogens is 1. The lowest BCUT2D eigenvalue weighted by Crippen LogP contribution is -2.54. The Hall–Kier alpha value is -3.88. The SMILES string of the molecule is COc1cccc(OC)c1-c1cc(C(=O)NC2(C(=O)O)CCCCCCC2)nn1-c1ccc(F)cc1. The van der Waals surface area contributed by atoms with Gasteiger partial charge in [0, 0.05) is 0 Å². The summed E-state index contributed by atoms with van der Waals surface area (Å²) in [5, 5.41) is 17.4. The number of methoxy groups -OCH3 is 2. The van der Waals surface area contributed by atoms with Crippen molar-refractivity contribution in [2.75, 3.05) is 14.2 Å². The summed E-state index contributed by atoms with van der Waals surface area (Å²) in [4.78, 5) is 25.8. The van der Waals surface area contributed by atoms with Gasteiger partial charge in [-0.1, -0.05) is 38.2 Å². The van der Waals surface area contributed by atoms with Gasteiger partial charge in [0.25, 0.3) is 5.91 Å². The van der Waals surface area contributed by atoms with Crippen LogP contribution < -0.4 is 14.8 Å². The van der Waals surface area contributed by atoms with Gasteiger partial charge in [-0.05, 0) is 55.3 Å². The monoisotopic (exact) mass is 495 g/mol. The van der Waals surface area contributed by atoms with Crippen molar-refractivity contribution in [1.82, 2.24) is 15.1 Å². The molecule has 0 spiro atoms. The lowest BCUT2D eigenvalue weighted by molar-refractivity contribution is -0.145. The van der Waals surface area contributed by atoms with Crippen LogP contribution in [0.15, 0.2) is 48.5 Å². The first-order chi connectivity index (χ1) is 17.4. The number of aliphatic carboxylic acids is 1. The Kier molecular flexibility index (Phi) is 7.57. The van der Waals surface area contributed by atoms with Crippen molar-refractivity contribution in [3.63, 3.8) is 0 Å². The van der Waals surface area contributed by atoms with Crippen LogP contribution in [0.1, 0.15) is 55.4 Å². The number of rotatable bonds is 7. The molecule has 1 fully saturated rings. The van der Waals surface area contributed by atoms with E-state index in [1.807, 2.05) is 0 Å². The minimum atomic E-state index is -1.35. The van der Waals surface area contributed by atoms with Crippen LogP contribution in [0.3, 0.4) is 0 Å². The molecule has 1 aromatic heterocycles. The molecule has 3 aromatic rings. The molecule has 190 valence electrons. The molecule has 1 saturated carbocycles. The van der Waals surface area contributed by atoms with E-state index in [1.54, 1.807) is 36.4 Å². The molecule has 4 rings (SSSR count). The van der Waals surface area contributed by atoms with Crippen LogP contribution in [0.2, 0.25) is 0 Å². The van der Waals surface area contributed by atoms with Crippen LogP contribution in [-0.2, 0) is 4.79 Å². The van der Waals surface area contributed by atoms with Crippen molar-refractivity contribution in [2.24, 2.45) is 0 Å². The number of ether oxygens (including phenoxy) is 2. The summed E-state index contributed by atoms with van der Waals surface area (Å²) in [6.45, 7) is 0. The Bertz CT molecular complexity index is 1210. The highest BCUT2D eigenvalue weighted by molar-refractivity contribution is 5.97. The number of amides is 1. The molecule has 0 aliphatic heterocycles. The predicted octanol–water partition coefficient (Wildman–Crippen LogP) is 4.99. The van der Waals surface area contributed by atoms with Crippen molar-refractivity contribution in [3.8, 4) is 28.4 Å². The molecule has 0 unspecified atom stereocenters. The third-order valence-corrected chi connectivity index (χ3v) is 6.67. The predicted molar refractivity (Wildman–Crippen MR) is 132 cm³/mol. The average molecular weight is 496 g/mol. The summed E-state index contributed by atoms with van der Waals surface area (Å²) < 4.78 is 26.3. The number of benzene rings is 2. The number of hydrogen-bond acceptors (Lipinski definition) is 5. The summed E-state index contributed by atoms with van der Waals surface area (Å²) in [6.07, 6.45) is 5.10. The van der Waals surface area contributed by atoms with Gasteiger partial charge >= 0.3 is 5.97 Å². The molecule has 2 aromatic carbocycles. The first kappa shape index (κ1) is 25.2. The van der Waals surface area contributed by atoms with Crippen molar-refractivity contribution < 1.29 is 28.6 Å². The van der Waals surface area contributed by atoms with E-state index in [-0.39, 0.29) is 5.69 Å². The van der Waals surface area contributed by atoms with Crippen molar-refractivity contribution in [1.29, 1.82) is 0 Å². The molecule has 36 heavy (non-hydrogen) atoms. The van der Waals surface area contributed by atoms with Gasteiger partial charge < -0.3 is 19.9 Å². The largest absolute Gasteiger partial charge is 0.496 e. The number of hydrogen-bond donors (Lipinski definition) is 2. The number of carbonyl (C=O) groups is 2. The fourth-order valence-corrected chi connectivity index (χ4v) is 4.74. The van der Waals surface area contributed by atoms with Gasteiger partial charge in [-0.3, -0.25) is 4.79 Å². The van der Waals surface area contributed by atoms with Gasteiger partial charge in [0.1, 0.15) is 22.9 Å². The van der Waals surface area contributed by atoms with Crippen LogP contribution in [-0.4, -0.2) is 46.5 Å². The number of nitrogens with one attached hydrogen (secondary N) is 1. The van der Waals surface area contributed by atoms with Crippen molar-refractivity contribution in [2.45, 2.75) is 50.5 Å². The fraction of sp³-hybridized carbons (Fsp3) is 0.370. The lowest BCUT2D eigenvalue weighted by Gasteiger charge is -2.32. The average Bonchev–Trinajstić information content (AvgIpc) is 3.30. The Morgan fingerprint density at radius 3 is 2.11 bits per heavy atom. The van der Waals surface area contributed by atoms with Crippen LogP contribution in [0, 0.1) is 5.82 Å². The normalized spacial score (nSPS) is 15.4. The van der Waals surface area contributed by atoms with E-state index in [0.717, 1.165) is 32.1 Å². The summed E-state index contributed by atoms with van der Waals surface area (Å²) in [5.41, 5.74) is 0.224. The molecule has 0 atom stereocenters. The third-order valence-electron chi connectivity index (χ3n) is 6.67. The van der Waals surface area contributed by atoms with Crippen LogP contribution in [0.4, 0.5) is 4.39 Å². The topological polar surface area (TPSA) is 103 Å². The number of aromatic nitrogens is 2. The lowest BCUT2D eigenvalue weighted by atomic mass is 9.83. The number of carboxylic acids is 1. The quantitative estimate of drug-likeness (QED) is 0.479. The molecule has 9 heteroatoms. The molecule has 0 bridgehead atoms. The molecule has 1 amide bonds. The molecule has 8 nitrogen and oxygen atoms in total. The Balaban J connectivity index is 1.81. The highest BCUT2D eigenvalue weighted by Crippen LogP contribution is 2.39. The number of carbonyl (C=O) groups excluding carboxylic acids is 1. The van der Waals surface area contributed by atoms with Gasteiger partial charge in [0.2, 0.25) is 0 Å². The Labute approximate surface area is 209 Å². The molecule has 2 N–H and O–H groups in total. The summed E-state index contributed by atoms with van der Waals surface area (Å²) in [7, 11) is 3.05. The highest BCUT2D eigenvalue weighted by atomic mass is 19.1. The minimum absolute atomic E-state index is 0.0324. The van der Waals surface area contributed by atoms with E-state index in [0.29, 0.717) is 41.3 Å². The molecular formula is C27H30FN3O5. The van der Waals surface area contributed by atoms with Gasteiger partial charge in [0.05, 0.1) is 31.2 Å². The standard InChI is InChI=1S/C27H30FN3O5/c1-35-22-9-8-10-23(36-2)24(22)21-17-20(30-31(21)19-13-11-18(28)12-14-19)25(32)29-27(26(33)34)15-6-4-3-5-7-16-27/h8-14,17H,3-7,15-16H2,1-2H3,(H,29,32)(H,33,34). The first-order valence-electron chi connectivity index (χ1n) is 12.0.